The molecule has 0 aromatic heterocycles. The summed E-state index contributed by atoms with van der Waals surface area (Å²) in [4.78, 5) is 23.9. The van der Waals surface area contributed by atoms with Gasteiger partial charge in [-0.1, -0.05) is 0 Å². The molecule has 0 atom stereocenters. The van der Waals surface area contributed by atoms with Gasteiger partial charge < -0.3 is 15.4 Å². The van der Waals surface area contributed by atoms with E-state index in [2.05, 4.69) is 0 Å². The predicted molar refractivity (Wildman–Crippen MR) is 77.3 cm³/mol. The first-order valence-electron chi connectivity index (χ1n) is 6.79. The molecule has 0 aliphatic heterocycles. The number of nitro benzene ring substituents is 1. The number of benzene rings is 1. The van der Waals surface area contributed by atoms with Crippen molar-refractivity contribution in [3.8, 4) is 5.75 Å². The van der Waals surface area contributed by atoms with Crippen LogP contribution in [0.5, 0.6) is 5.75 Å². The highest BCUT2D eigenvalue weighted by atomic mass is 16.6. The number of hydrogen-bond acceptors (Lipinski definition) is 5. The van der Waals surface area contributed by atoms with Gasteiger partial charge in [0.1, 0.15) is 0 Å². The molecule has 1 fully saturated rings. The van der Waals surface area contributed by atoms with Gasteiger partial charge in [-0.2, -0.15) is 0 Å². The van der Waals surface area contributed by atoms with Crippen molar-refractivity contribution in [2.45, 2.75) is 18.9 Å². The minimum absolute atomic E-state index is 0.0346. The SMILES string of the molecule is CN(C)C(=O)c1ccc(OC2CC(CN)C2)c([N+](=O)[O-])c1. The molecule has 0 saturated heterocycles. The van der Waals surface area contributed by atoms with Crippen LogP contribution in [0.2, 0.25) is 0 Å². The average Bonchev–Trinajstić information content (AvgIpc) is 2.41. The average molecular weight is 293 g/mol. The number of rotatable bonds is 5. The van der Waals surface area contributed by atoms with Gasteiger partial charge in [-0.15, -0.1) is 0 Å². The van der Waals surface area contributed by atoms with E-state index in [0.717, 1.165) is 12.8 Å². The van der Waals surface area contributed by atoms with Crippen LogP contribution in [0.1, 0.15) is 23.2 Å². The van der Waals surface area contributed by atoms with Gasteiger partial charge in [0.2, 0.25) is 0 Å². The van der Waals surface area contributed by atoms with E-state index in [0.29, 0.717) is 12.5 Å². The molecule has 1 aromatic rings. The maximum absolute atomic E-state index is 11.9. The summed E-state index contributed by atoms with van der Waals surface area (Å²) in [5.41, 5.74) is 5.63. The van der Waals surface area contributed by atoms with Crippen LogP contribution >= 0.6 is 0 Å². The quantitative estimate of drug-likeness (QED) is 0.653. The lowest BCUT2D eigenvalue weighted by Gasteiger charge is -2.34. The minimum Gasteiger partial charge on any atom is -0.483 e. The fraction of sp³-hybridized carbons (Fsp3) is 0.500. The smallest absolute Gasteiger partial charge is 0.311 e. The fourth-order valence-corrected chi connectivity index (χ4v) is 2.29. The number of nitrogens with two attached hydrogens (primary N) is 1. The van der Waals surface area contributed by atoms with E-state index in [1.54, 1.807) is 20.2 Å². The molecule has 7 nitrogen and oxygen atoms in total. The maximum atomic E-state index is 11.9. The molecule has 1 amide bonds. The normalized spacial score (nSPS) is 20.5. The highest BCUT2D eigenvalue weighted by molar-refractivity contribution is 5.94. The molecule has 114 valence electrons. The highest BCUT2D eigenvalue weighted by Crippen LogP contribution is 2.35. The number of amides is 1. The molecule has 0 radical (unpaired) electrons. The third-order valence-electron chi connectivity index (χ3n) is 3.63. The van der Waals surface area contributed by atoms with Crippen molar-refractivity contribution in [2.75, 3.05) is 20.6 Å². The Bertz CT molecular complexity index is 553. The Morgan fingerprint density at radius 2 is 2.14 bits per heavy atom. The van der Waals surface area contributed by atoms with Crippen molar-refractivity contribution in [1.82, 2.24) is 4.90 Å². The molecule has 1 saturated carbocycles. The zero-order valence-corrected chi connectivity index (χ0v) is 12.1. The van der Waals surface area contributed by atoms with Crippen molar-refractivity contribution in [3.05, 3.63) is 33.9 Å². The molecule has 1 aliphatic rings. The summed E-state index contributed by atoms with van der Waals surface area (Å²) < 4.78 is 5.65. The molecule has 2 rings (SSSR count). The van der Waals surface area contributed by atoms with Crippen molar-refractivity contribution < 1.29 is 14.5 Å². The van der Waals surface area contributed by atoms with Crippen LogP contribution in [0.25, 0.3) is 0 Å². The van der Waals surface area contributed by atoms with Crippen LogP contribution in [-0.2, 0) is 0 Å². The highest BCUT2D eigenvalue weighted by Gasteiger charge is 2.31. The van der Waals surface area contributed by atoms with E-state index in [1.807, 2.05) is 0 Å². The molecule has 1 aromatic carbocycles. The number of carbonyl (C=O) groups is 1. The molecule has 0 spiro atoms. The lowest BCUT2D eigenvalue weighted by molar-refractivity contribution is -0.386. The first kappa shape index (κ1) is 15.2. The number of hydrogen-bond donors (Lipinski definition) is 1. The third kappa shape index (κ3) is 3.30. The summed E-state index contributed by atoms with van der Waals surface area (Å²) in [6, 6.07) is 4.30. The first-order chi connectivity index (χ1) is 9.92. The Morgan fingerprint density at radius 1 is 1.48 bits per heavy atom. The molecule has 0 unspecified atom stereocenters. The fourth-order valence-electron chi connectivity index (χ4n) is 2.29. The van der Waals surface area contributed by atoms with Gasteiger partial charge in [-0.25, -0.2) is 0 Å². The molecule has 2 N–H and O–H groups in total. The van der Waals surface area contributed by atoms with E-state index < -0.39 is 4.92 Å². The summed E-state index contributed by atoms with van der Waals surface area (Å²) in [7, 11) is 3.19. The van der Waals surface area contributed by atoms with Crippen molar-refractivity contribution >= 4 is 11.6 Å². The van der Waals surface area contributed by atoms with Crippen LogP contribution in [0.3, 0.4) is 0 Å². The van der Waals surface area contributed by atoms with Crippen molar-refractivity contribution in [3.63, 3.8) is 0 Å². The van der Waals surface area contributed by atoms with Crippen LogP contribution in [-0.4, -0.2) is 42.5 Å². The second-order valence-electron chi connectivity index (χ2n) is 5.45. The molecule has 0 bridgehead atoms. The molecule has 0 heterocycles. The van der Waals surface area contributed by atoms with Gasteiger partial charge in [-0.3, -0.25) is 14.9 Å². The Kier molecular flexibility index (Phi) is 4.42. The molecule has 1 aliphatic carbocycles. The van der Waals surface area contributed by atoms with Crippen molar-refractivity contribution in [1.29, 1.82) is 0 Å². The second kappa shape index (κ2) is 6.09. The number of nitrogens with zero attached hydrogens (tertiary/aromatic N) is 2. The topological polar surface area (TPSA) is 98.7 Å². The van der Waals surface area contributed by atoms with Gasteiger partial charge in [0.15, 0.2) is 5.75 Å². The minimum atomic E-state index is -0.527. The lowest BCUT2D eigenvalue weighted by atomic mass is 9.82. The monoisotopic (exact) mass is 293 g/mol. The Balaban J connectivity index is 2.18. The first-order valence-corrected chi connectivity index (χ1v) is 6.79. The Labute approximate surface area is 122 Å². The molecular weight excluding hydrogens is 274 g/mol. The van der Waals surface area contributed by atoms with E-state index >= 15 is 0 Å². The molecular formula is C14H19N3O4. The zero-order chi connectivity index (χ0) is 15.6. The standard InChI is InChI=1S/C14H19N3O4/c1-16(2)14(18)10-3-4-13(12(7-10)17(19)20)21-11-5-9(6-11)8-15/h3-4,7,9,11H,5-6,8,15H2,1-2H3. The van der Waals surface area contributed by atoms with Gasteiger partial charge in [0.25, 0.3) is 5.91 Å². The summed E-state index contributed by atoms with van der Waals surface area (Å²) in [6.45, 7) is 0.609. The predicted octanol–water partition coefficient (Wildman–Crippen LogP) is 1.41. The Morgan fingerprint density at radius 3 is 2.67 bits per heavy atom. The van der Waals surface area contributed by atoms with Crippen LogP contribution in [0.15, 0.2) is 18.2 Å². The number of ether oxygens (including phenoxy) is 1. The second-order valence-corrected chi connectivity index (χ2v) is 5.45. The summed E-state index contributed by atoms with van der Waals surface area (Å²) in [6.07, 6.45) is 1.59. The van der Waals surface area contributed by atoms with Crippen molar-refractivity contribution in [2.24, 2.45) is 11.7 Å². The van der Waals surface area contributed by atoms with Gasteiger partial charge in [0, 0.05) is 25.7 Å². The lowest BCUT2D eigenvalue weighted by Crippen LogP contribution is -2.37. The van der Waals surface area contributed by atoms with E-state index in [1.165, 1.54) is 17.0 Å². The van der Waals surface area contributed by atoms with Gasteiger partial charge >= 0.3 is 5.69 Å². The van der Waals surface area contributed by atoms with Crippen LogP contribution < -0.4 is 10.5 Å². The molecule has 7 heteroatoms. The number of nitro groups is 1. The summed E-state index contributed by atoms with van der Waals surface area (Å²) >= 11 is 0. The van der Waals surface area contributed by atoms with Crippen LogP contribution in [0, 0.1) is 16.0 Å². The van der Waals surface area contributed by atoms with Crippen LogP contribution in [0.4, 0.5) is 5.69 Å². The summed E-state index contributed by atoms with van der Waals surface area (Å²) in [5, 5.41) is 11.2. The van der Waals surface area contributed by atoms with Gasteiger partial charge in [0.05, 0.1) is 11.0 Å². The largest absolute Gasteiger partial charge is 0.483 e. The maximum Gasteiger partial charge on any atom is 0.311 e. The van der Waals surface area contributed by atoms with Gasteiger partial charge in [-0.05, 0) is 37.4 Å². The number of carbonyl (C=O) groups excluding carboxylic acids is 1. The third-order valence-corrected chi connectivity index (χ3v) is 3.63. The van der Waals surface area contributed by atoms with E-state index in [-0.39, 0.29) is 29.0 Å². The van der Waals surface area contributed by atoms with E-state index in [9.17, 15) is 14.9 Å². The molecule has 21 heavy (non-hydrogen) atoms. The summed E-state index contributed by atoms with van der Waals surface area (Å²) in [5.74, 6) is 0.357. The zero-order valence-electron chi connectivity index (χ0n) is 12.1. The Hall–Kier alpha value is -2.15. The van der Waals surface area contributed by atoms with E-state index in [4.69, 9.17) is 10.5 Å².